The Hall–Kier alpha value is -1.06. The Morgan fingerprint density at radius 3 is 0.958 bits per heavy atom. The van der Waals surface area contributed by atoms with Crippen LogP contribution in [0.25, 0.3) is 0 Å². The van der Waals surface area contributed by atoms with Crippen molar-refractivity contribution in [2.24, 2.45) is 0 Å². The van der Waals surface area contributed by atoms with Crippen LogP contribution in [0.2, 0.25) is 0 Å². The van der Waals surface area contributed by atoms with E-state index in [1.165, 1.54) is 0 Å². The zero-order valence-electron chi connectivity index (χ0n) is 12.5. The lowest BCUT2D eigenvalue weighted by molar-refractivity contribution is -0.136. The summed E-state index contributed by atoms with van der Waals surface area (Å²) in [7, 11) is 0. The molecule has 0 amide bonds. The molecule has 0 radical (unpaired) electrons. The van der Waals surface area contributed by atoms with Gasteiger partial charge >= 0.3 is 0 Å². The molecule has 8 atom stereocenters. The van der Waals surface area contributed by atoms with Crippen molar-refractivity contribution in [2.45, 2.75) is 48.8 Å². The van der Waals surface area contributed by atoms with E-state index in [-0.39, 0.29) is 12.6 Å². The van der Waals surface area contributed by atoms with Crippen molar-refractivity contribution in [3.05, 3.63) is 0 Å². The van der Waals surface area contributed by atoms with Crippen LogP contribution in [0, 0.1) is 0 Å². The Kier molecular flexibility index (Phi) is 13.9. The molecule has 0 aromatic carbocycles. The van der Waals surface area contributed by atoms with Crippen molar-refractivity contribution in [2.75, 3.05) is 13.2 Å². The van der Waals surface area contributed by atoms with Crippen LogP contribution < -0.4 is 0 Å². The predicted octanol–water partition coefficient (Wildman–Crippen LogP) is -6.76. The van der Waals surface area contributed by atoms with Crippen LogP contribution in [0.4, 0.5) is 0 Å². The van der Waals surface area contributed by atoms with E-state index in [2.05, 4.69) is 0 Å². The maximum absolute atomic E-state index is 9.90. The highest BCUT2D eigenvalue weighted by molar-refractivity contribution is 5.57. The third-order valence-corrected chi connectivity index (χ3v) is 2.84. The standard InChI is InChI=1S/2C6H12O6/c2*7-1-3(9)5(11)6(12)4(10)2-8/h2*1,3-6,8-12H,2H2/t3-,4-,5-,6+;3-,4-,5-,6-/m11/s1. The van der Waals surface area contributed by atoms with Gasteiger partial charge in [-0.25, -0.2) is 0 Å². The second-order valence-corrected chi connectivity index (χ2v) is 4.72. The maximum Gasteiger partial charge on any atom is 0.151 e. The second kappa shape index (κ2) is 13.3. The van der Waals surface area contributed by atoms with Crippen molar-refractivity contribution >= 4 is 12.6 Å². The molecule has 24 heavy (non-hydrogen) atoms. The van der Waals surface area contributed by atoms with Crippen LogP contribution in [-0.2, 0) is 9.59 Å². The van der Waals surface area contributed by atoms with Gasteiger partial charge in [0.15, 0.2) is 12.6 Å². The van der Waals surface area contributed by atoms with Gasteiger partial charge in [-0.3, -0.25) is 0 Å². The SMILES string of the molecule is O=C[C@@H](O)[C@@H](O)[C@@H](O)[C@H](O)CO.O=C[C@@H](O)[C@@H](O)[C@H](O)[C@H](O)CO. The summed E-state index contributed by atoms with van der Waals surface area (Å²) >= 11 is 0. The smallest absolute Gasteiger partial charge is 0.151 e. The van der Waals surface area contributed by atoms with Crippen molar-refractivity contribution in [3.8, 4) is 0 Å². The molecule has 0 rings (SSSR count). The summed E-state index contributed by atoms with van der Waals surface area (Å²) < 4.78 is 0. The van der Waals surface area contributed by atoms with E-state index >= 15 is 0 Å². The Balaban J connectivity index is 0. The third kappa shape index (κ3) is 8.70. The summed E-state index contributed by atoms with van der Waals surface area (Å²) in [5.74, 6) is 0. The number of carbonyl (C=O) groups excluding carboxylic acids is 2. The van der Waals surface area contributed by atoms with Crippen LogP contribution in [0.15, 0.2) is 0 Å². The lowest BCUT2D eigenvalue weighted by Crippen LogP contribution is -2.46. The van der Waals surface area contributed by atoms with E-state index in [1.54, 1.807) is 0 Å². The molecule has 0 saturated carbocycles. The number of aldehydes is 2. The van der Waals surface area contributed by atoms with E-state index in [0.29, 0.717) is 0 Å². The first-order valence-electron chi connectivity index (χ1n) is 6.65. The molecule has 0 saturated heterocycles. The molecule has 0 aliphatic heterocycles. The van der Waals surface area contributed by atoms with Gasteiger partial charge in [-0.05, 0) is 0 Å². The summed E-state index contributed by atoms with van der Waals surface area (Å²) in [6.07, 6.45) is -13.7. The lowest BCUT2D eigenvalue weighted by Gasteiger charge is -2.22. The van der Waals surface area contributed by atoms with Crippen LogP contribution in [0.3, 0.4) is 0 Å². The number of aliphatic hydroxyl groups excluding tert-OH is 10. The molecule has 0 unspecified atom stereocenters. The average Bonchev–Trinajstić information content (AvgIpc) is 2.62. The number of hydrogen-bond acceptors (Lipinski definition) is 12. The first kappa shape index (κ1) is 25.2. The number of hydrogen-bond donors (Lipinski definition) is 10. The van der Waals surface area contributed by atoms with Gasteiger partial charge in [0.05, 0.1) is 13.2 Å². The Labute approximate surface area is 136 Å². The molecule has 0 aliphatic rings. The molecule has 0 bridgehead atoms. The minimum Gasteiger partial charge on any atom is -0.394 e. The van der Waals surface area contributed by atoms with E-state index in [9.17, 15) is 9.59 Å². The van der Waals surface area contributed by atoms with Crippen molar-refractivity contribution in [1.29, 1.82) is 0 Å². The van der Waals surface area contributed by atoms with Crippen LogP contribution >= 0.6 is 0 Å². The largest absolute Gasteiger partial charge is 0.394 e. The van der Waals surface area contributed by atoms with E-state index in [1.807, 2.05) is 0 Å². The number of carbonyl (C=O) groups is 2. The van der Waals surface area contributed by atoms with Crippen LogP contribution in [0.1, 0.15) is 0 Å². The van der Waals surface area contributed by atoms with Crippen LogP contribution in [-0.4, -0.2) is 126 Å². The lowest BCUT2D eigenvalue weighted by atomic mass is 10.0. The highest BCUT2D eigenvalue weighted by Crippen LogP contribution is 2.03. The fraction of sp³-hybridized carbons (Fsp3) is 0.833. The molecule has 0 aliphatic carbocycles. The summed E-state index contributed by atoms with van der Waals surface area (Å²) in [6.45, 7) is -1.52. The molecule has 144 valence electrons. The van der Waals surface area contributed by atoms with Gasteiger partial charge in [0.1, 0.15) is 48.8 Å². The summed E-state index contributed by atoms with van der Waals surface area (Å²) in [5.41, 5.74) is 0. The summed E-state index contributed by atoms with van der Waals surface area (Å²) in [5, 5.41) is 87.1. The highest BCUT2D eigenvalue weighted by Gasteiger charge is 2.30. The molecule has 0 aromatic rings. The van der Waals surface area contributed by atoms with Crippen LogP contribution in [0.5, 0.6) is 0 Å². The average molecular weight is 360 g/mol. The molecule has 12 nitrogen and oxygen atoms in total. The first-order chi connectivity index (χ1) is 11.1. The topological polar surface area (TPSA) is 236 Å². The highest BCUT2D eigenvalue weighted by atomic mass is 16.4. The predicted molar refractivity (Wildman–Crippen MR) is 74.4 cm³/mol. The van der Waals surface area contributed by atoms with E-state index < -0.39 is 62.0 Å². The zero-order valence-corrected chi connectivity index (χ0v) is 12.5. The molecule has 0 spiro atoms. The van der Waals surface area contributed by atoms with Crippen molar-refractivity contribution in [1.82, 2.24) is 0 Å². The van der Waals surface area contributed by atoms with E-state index in [4.69, 9.17) is 51.1 Å². The Morgan fingerprint density at radius 2 is 0.792 bits per heavy atom. The molecule has 12 heteroatoms. The van der Waals surface area contributed by atoms with Crippen molar-refractivity contribution in [3.63, 3.8) is 0 Å². The fourth-order valence-corrected chi connectivity index (χ4v) is 1.24. The van der Waals surface area contributed by atoms with Gasteiger partial charge in [0.2, 0.25) is 0 Å². The Morgan fingerprint density at radius 1 is 0.542 bits per heavy atom. The van der Waals surface area contributed by atoms with Gasteiger partial charge < -0.3 is 60.7 Å². The van der Waals surface area contributed by atoms with Gasteiger partial charge in [-0.2, -0.15) is 0 Å². The minimum atomic E-state index is -1.79. The maximum atomic E-state index is 9.90. The monoisotopic (exact) mass is 360 g/mol. The number of rotatable bonds is 10. The first-order valence-corrected chi connectivity index (χ1v) is 6.65. The third-order valence-electron chi connectivity index (χ3n) is 2.84. The van der Waals surface area contributed by atoms with Gasteiger partial charge in [-0.15, -0.1) is 0 Å². The molecule has 0 aromatic heterocycles. The molecular weight excluding hydrogens is 336 g/mol. The number of aliphatic hydroxyl groups is 10. The summed E-state index contributed by atoms with van der Waals surface area (Å²) in [6, 6.07) is 0. The molecular formula is C12H24O12. The van der Waals surface area contributed by atoms with Gasteiger partial charge in [0, 0.05) is 0 Å². The Bertz CT molecular complexity index is 308. The second-order valence-electron chi connectivity index (χ2n) is 4.72. The quantitative estimate of drug-likeness (QED) is 0.164. The normalized spacial score (nSPS) is 21.1. The molecule has 0 fully saturated rings. The van der Waals surface area contributed by atoms with E-state index in [0.717, 1.165) is 0 Å². The molecule has 10 N–H and O–H groups in total. The zero-order chi connectivity index (χ0) is 19.4. The fourth-order valence-electron chi connectivity index (χ4n) is 1.24. The minimum absolute atomic E-state index is 0.0258. The van der Waals surface area contributed by atoms with Gasteiger partial charge in [-0.1, -0.05) is 0 Å². The summed E-state index contributed by atoms with van der Waals surface area (Å²) in [4.78, 5) is 19.8. The van der Waals surface area contributed by atoms with Crippen molar-refractivity contribution < 1.29 is 60.7 Å². The molecule has 0 heterocycles. The van der Waals surface area contributed by atoms with Gasteiger partial charge in [0.25, 0.3) is 0 Å².